The van der Waals surface area contributed by atoms with Gasteiger partial charge in [0, 0.05) is 16.3 Å². The van der Waals surface area contributed by atoms with Gasteiger partial charge in [0.1, 0.15) is 11.3 Å². The maximum atomic E-state index is 6.08. The summed E-state index contributed by atoms with van der Waals surface area (Å²) in [6, 6.07) is 8.05. The quantitative estimate of drug-likeness (QED) is 0.819. The normalized spacial score (nSPS) is 22.5. The van der Waals surface area contributed by atoms with Crippen LogP contribution in [0.25, 0.3) is 11.0 Å². The van der Waals surface area contributed by atoms with E-state index in [1.165, 1.54) is 19.3 Å². The summed E-state index contributed by atoms with van der Waals surface area (Å²) in [6.45, 7) is 6.70. The van der Waals surface area contributed by atoms with Crippen LogP contribution in [0, 0.1) is 11.8 Å². The second-order valence-electron chi connectivity index (χ2n) is 6.68. The third-order valence-corrected chi connectivity index (χ3v) is 4.72. The molecule has 1 heterocycles. The zero-order valence-electron chi connectivity index (χ0n) is 12.9. The minimum absolute atomic E-state index is 0.552. The Bertz CT molecular complexity index is 604. The van der Waals surface area contributed by atoms with Crippen molar-refractivity contribution in [1.29, 1.82) is 0 Å². The summed E-state index contributed by atoms with van der Waals surface area (Å²) in [7, 11) is 0. The van der Waals surface area contributed by atoms with Crippen molar-refractivity contribution < 1.29 is 4.42 Å². The molecule has 1 aromatic heterocycles. The molecular weight excluding hydrogens is 282 g/mol. The average molecular weight is 306 g/mol. The molecule has 114 valence electrons. The van der Waals surface area contributed by atoms with Crippen LogP contribution in [0.15, 0.2) is 28.7 Å². The van der Waals surface area contributed by atoms with Gasteiger partial charge in [-0.2, -0.15) is 0 Å². The summed E-state index contributed by atoms with van der Waals surface area (Å²) in [5.41, 5.74) is 0.954. The molecule has 0 saturated heterocycles. The molecule has 0 bridgehead atoms. The lowest BCUT2D eigenvalue weighted by atomic mass is 9.93. The molecule has 0 radical (unpaired) electrons. The van der Waals surface area contributed by atoms with Gasteiger partial charge in [-0.3, -0.25) is 0 Å². The van der Waals surface area contributed by atoms with E-state index in [1.54, 1.807) is 0 Å². The van der Waals surface area contributed by atoms with Gasteiger partial charge in [0.15, 0.2) is 0 Å². The van der Waals surface area contributed by atoms with Gasteiger partial charge in [0.2, 0.25) is 0 Å². The first-order chi connectivity index (χ1) is 10.1. The molecule has 2 atom stereocenters. The van der Waals surface area contributed by atoms with Gasteiger partial charge in [0.05, 0.1) is 0 Å². The van der Waals surface area contributed by atoms with Crippen molar-refractivity contribution in [2.45, 2.75) is 39.0 Å². The molecule has 3 rings (SSSR count). The number of hydrogen-bond acceptors (Lipinski definition) is 2. The average Bonchev–Trinajstić information content (AvgIpc) is 3.03. The van der Waals surface area contributed by atoms with E-state index in [-0.39, 0.29) is 0 Å². The number of nitrogens with one attached hydrogen (secondary N) is 1. The van der Waals surface area contributed by atoms with E-state index in [9.17, 15) is 0 Å². The zero-order valence-corrected chi connectivity index (χ0v) is 13.6. The van der Waals surface area contributed by atoms with E-state index < -0.39 is 0 Å². The second kappa shape index (κ2) is 6.41. The molecule has 1 aliphatic carbocycles. The summed E-state index contributed by atoms with van der Waals surface area (Å²) in [6.07, 6.45) is 3.84. The van der Waals surface area contributed by atoms with Crippen LogP contribution in [0.3, 0.4) is 0 Å². The summed E-state index contributed by atoms with van der Waals surface area (Å²) >= 11 is 6.06. The zero-order chi connectivity index (χ0) is 14.8. The number of hydrogen-bond donors (Lipinski definition) is 1. The standard InChI is InChI=1S/C18H24ClNO/c1-12(2)10-20-11-13-4-3-5-16(13)18-9-14-8-15(19)6-7-17(14)21-18/h6-9,12-13,16,20H,3-5,10-11H2,1-2H3. The predicted molar refractivity (Wildman–Crippen MR) is 89.0 cm³/mol. The lowest BCUT2D eigenvalue weighted by Crippen LogP contribution is -2.27. The monoisotopic (exact) mass is 305 g/mol. The Hall–Kier alpha value is -0.990. The van der Waals surface area contributed by atoms with Crippen molar-refractivity contribution in [3.8, 4) is 0 Å². The summed E-state index contributed by atoms with van der Waals surface area (Å²) in [5.74, 6) is 3.09. The van der Waals surface area contributed by atoms with Crippen LogP contribution in [0.4, 0.5) is 0 Å². The Morgan fingerprint density at radius 1 is 1.29 bits per heavy atom. The number of halogens is 1. The van der Waals surface area contributed by atoms with Crippen LogP contribution in [0.2, 0.25) is 5.02 Å². The van der Waals surface area contributed by atoms with Crippen molar-refractivity contribution in [1.82, 2.24) is 5.32 Å². The SMILES string of the molecule is CC(C)CNCC1CCCC1c1cc2cc(Cl)ccc2o1. The number of fused-ring (bicyclic) bond motifs is 1. The molecule has 0 amide bonds. The van der Waals surface area contributed by atoms with Gasteiger partial charge in [0.25, 0.3) is 0 Å². The Kier molecular flexibility index (Phi) is 4.56. The minimum atomic E-state index is 0.552. The first-order valence-corrected chi connectivity index (χ1v) is 8.41. The van der Waals surface area contributed by atoms with Crippen LogP contribution in [-0.2, 0) is 0 Å². The number of rotatable bonds is 5. The van der Waals surface area contributed by atoms with Crippen molar-refractivity contribution in [2.75, 3.05) is 13.1 Å². The summed E-state index contributed by atoms with van der Waals surface area (Å²) < 4.78 is 6.08. The molecule has 3 heteroatoms. The first kappa shape index (κ1) is 14.9. The molecule has 2 nitrogen and oxygen atoms in total. The molecule has 1 N–H and O–H groups in total. The lowest BCUT2D eigenvalue weighted by molar-refractivity contribution is 0.382. The van der Waals surface area contributed by atoms with Gasteiger partial charge in [-0.15, -0.1) is 0 Å². The molecule has 1 fully saturated rings. The molecule has 0 spiro atoms. The van der Waals surface area contributed by atoms with Gasteiger partial charge < -0.3 is 9.73 Å². The maximum absolute atomic E-state index is 6.08. The van der Waals surface area contributed by atoms with Crippen LogP contribution >= 0.6 is 11.6 Å². The third kappa shape index (κ3) is 3.44. The fourth-order valence-electron chi connectivity index (χ4n) is 3.43. The Balaban J connectivity index is 1.73. The summed E-state index contributed by atoms with van der Waals surface area (Å²) in [4.78, 5) is 0. The summed E-state index contributed by atoms with van der Waals surface area (Å²) in [5, 5.41) is 5.50. The Labute approximate surface area is 131 Å². The van der Waals surface area contributed by atoms with Crippen LogP contribution in [-0.4, -0.2) is 13.1 Å². The molecule has 2 aromatic rings. The molecule has 2 unspecified atom stereocenters. The van der Waals surface area contributed by atoms with Crippen LogP contribution < -0.4 is 5.32 Å². The molecule has 0 aliphatic heterocycles. The smallest absolute Gasteiger partial charge is 0.134 e. The number of furan rings is 1. The predicted octanol–water partition coefficient (Wildman–Crippen LogP) is 5.22. The molecular formula is C18H24ClNO. The Morgan fingerprint density at radius 3 is 2.95 bits per heavy atom. The fourth-order valence-corrected chi connectivity index (χ4v) is 3.61. The third-order valence-electron chi connectivity index (χ3n) is 4.48. The van der Waals surface area contributed by atoms with E-state index in [4.69, 9.17) is 16.0 Å². The van der Waals surface area contributed by atoms with E-state index in [0.29, 0.717) is 17.8 Å². The second-order valence-corrected chi connectivity index (χ2v) is 7.12. The highest BCUT2D eigenvalue weighted by Crippen LogP contribution is 2.41. The largest absolute Gasteiger partial charge is 0.461 e. The minimum Gasteiger partial charge on any atom is -0.461 e. The van der Waals surface area contributed by atoms with Gasteiger partial charge in [-0.1, -0.05) is 31.9 Å². The molecule has 1 saturated carbocycles. The highest BCUT2D eigenvalue weighted by Gasteiger charge is 2.30. The topological polar surface area (TPSA) is 25.2 Å². The van der Waals surface area contributed by atoms with E-state index in [2.05, 4.69) is 25.2 Å². The van der Waals surface area contributed by atoms with Crippen molar-refractivity contribution in [2.24, 2.45) is 11.8 Å². The van der Waals surface area contributed by atoms with E-state index in [0.717, 1.165) is 34.8 Å². The highest BCUT2D eigenvalue weighted by atomic mass is 35.5. The molecule has 1 aromatic carbocycles. The van der Waals surface area contributed by atoms with Gasteiger partial charge in [-0.25, -0.2) is 0 Å². The van der Waals surface area contributed by atoms with E-state index >= 15 is 0 Å². The van der Waals surface area contributed by atoms with E-state index in [1.807, 2.05) is 18.2 Å². The van der Waals surface area contributed by atoms with Crippen molar-refractivity contribution in [3.05, 3.63) is 35.0 Å². The molecule has 1 aliphatic rings. The van der Waals surface area contributed by atoms with Crippen molar-refractivity contribution in [3.63, 3.8) is 0 Å². The van der Waals surface area contributed by atoms with Crippen molar-refractivity contribution >= 4 is 22.6 Å². The van der Waals surface area contributed by atoms with Crippen LogP contribution in [0.1, 0.15) is 44.8 Å². The highest BCUT2D eigenvalue weighted by molar-refractivity contribution is 6.31. The van der Waals surface area contributed by atoms with Gasteiger partial charge >= 0.3 is 0 Å². The maximum Gasteiger partial charge on any atom is 0.134 e. The van der Waals surface area contributed by atoms with Gasteiger partial charge in [-0.05, 0) is 62.0 Å². The van der Waals surface area contributed by atoms with Crippen LogP contribution in [0.5, 0.6) is 0 Å². The first-order valence-electron chi connectivity index (χ1n) is 8.03. The fraction of sp³-hybridized carbons (Fsp3) is 0.556. The molecule has 21 heavy (non-hydrogen) atoms. The lowest BCUT2D eigenvalue weighted by Gasteiger charge is -2.19. The Morgan fingerprint density at radius 2 is 2.14 bits per heavy atom. The number of benzene rings is 1.